The molecule has 0 aliphatic rings. The molecule has 1 aromatic heterocycles. The SMILES string of the molecule is N#Cc1[nH]ncc1C#CCCCl. The van der Waals surface area contributed by atoms with Crippen LogP contribution in [0.3, 0.4) is 0 Å². The van der Waals surface area contributed by atoms with E-state index in [0.29, 0.717) is 23.6 Å². The quantitative estimate of drug-likeness (QED) is 0.521. The maximum atomic E-state index is 8.55. The standard InChI is InChI=1S/C8H6ClN3/c9-4-2-1-3-7-6-11-12-8(7)5-10/h6H,2,4H2,(H,11,12). The van der Waals surface area contributed by atoms with Crippen molar-refractivity contribution in [2.45, 2.75) is 6.42 Å². The van der Waals surface area contributed by atoms with Gasteiger partial charge in [0.2, 0.25) is 0 Å². The average Bonchev–Trinajstić information content (AvgIpc) is 2.52. The fraction of sp³-hybridized carbons (Fsp3) is 0.250. The normalized spacial score (nSPS) is 8.33. The van der Waals surface area contributed by atoms with Gasteiger partial charge in [-0.2, -0.15) is 10.4 Å². The van der Waals surface area contributed by atoms with Crippen LogP contribution < -0.4 is 0 Å². The fourth-order valence-corrected chi connectivity index (χ4v) is 0.766. The highest BCUT2D eigenvalue weighted by atomic mass is 35.5. The van der Waals surface area contributed by atoms with Crippen LogP contribution in [-0.4, -0.2) is 16.1 Å². The number of rotatable bonds is 1. The van der Waals surface area contributed by atoms with Crippen molar-refractivity contribution in [3.63, 3.8) is 0 Å². The summed E-state index contributed by atoms with van der Waals surface area (Å²) in [5.41, 5.74) is 1.03. The lowest BCUT2D eigenvalue weighted by Gasteiger charge is -1.79. The highest BCUT2D eigenvalue weighted by molar-refractivity contribution is 6.18. The first kappa shape index (κ1) is 8.64. The fourth-order valence-electron chi connectivity index (χ4n) is 0.671. The predicted octanol–water partition coefficient (Wildman–Crippen LogP) is 1.26. The van der Waals surface area contributed by atoms with E-state index in [1.807, 2.05) is 6.07 Å². The second-order valence-corrected chi connectivity index (χ2v) is 2.39. The first-order valence-corrected chi connectivity index (χ1v) is 3.90. The van der Waals surface area contributed by atoms with E-state index in [0.717, 1.165) is 0 Å². The van der Waals surface area contributed by atoms with E-state index < -0.39 is 0 Å². The molecule has 0 aliphatic carbocycles. The Kier molecular flexibility index (Phi) is 3.19. The molecule has 0 spiro atoms. The number of hydrogen-bond acceptors (Lipinski definition) is 2. The van der Waals surface area contributed by atoms with Crippen LogP contribution in [0.25, 0.3) is 0 Å². The van der Waals surface area contributed by atoms with Crippen molar-refractivity contribution in [2.24, 2.45) is 0 Å². The summed E-state index contributed by atoms with van der Waals surface area (Å²) < 4.78 is 0. The summed E-state index contributed by atoms with van der Waals surface area (Å²) in [5.74, 6) is 6.12. The molecule has 4 heteroatoms. The third kappa shape index (κ3) is 2.02. The molecule has 1 aromatic rings. The third-order valence-corrected chi connectivity index (χ3v) is 1.38. The van der Waals surface area contributed by atoms with Gasteiger partial charge in [0, 0.05) is 12.3 Å². The van der Waals surface area contributed by atoms with Gasteiger partial charge in [-0.15, -0.1) is 11.6 Å². The van der Waals surface area contributed by atoms with E-state index in [1.165, 1.54) is 6.20 Å². The summed E-state index contributed by atoms with van der Waals surface area (Å²) in [5, 5.41) is 14.8. The second kappa shape index (κ2) is 4.43. The van der Waals surface area contributed by atoms with E-state index in [-0.39, 0.29) is 0 Å². The lowest BCUT2D eigenvalue weighted by atomic mass is 10.2. The number of H-pyrrole nitrogens is 1. The van der Waals surface area contributed by atoms with Gasteiger partial charge in [-0.05, 0) is 0 Å². The summed E-state index contributed by atoms with van der Waals surface area (Å²) >= 11 is 5.42. The molecule has 0 atom stereocenters. The van der Waals surface area contributed by atoms with Crippen molar-refractivity contribution >= 4 is 11.6 Å². The molecule has 0 saturated heterocycles. The van der Waals surface area contributed by atoms with Crippen LogP contribution in [0.15, 0.2) is 6.20 Å². The lowest BCUT2D eigenvalue weighted by Crippen LogP contribution is -1.77. The van der Waals surface area contributed by atoms with Gasteiger partial charge in [0.1, 0.15) is 6.07 Å². The maximum Gasteiger partial charge on any atom is 0.151 e. The molecule has 1 N–H and O–H groups in total. The molecular formula is C8H6ClN3. The topological polar surface area (TPSA) is 52.5 Å². The first-order valence-electron chi connectivity index (χ1n) is 3.36. The number of alkyl halides is 1. The molecular weight excluding hydrogens is 174 g/mol. The zero-order valence-corrected chi connectivity index (χ0v) is 7.02. The second-order valence-electron chi connectivity index (χ2n) is 2.01. The highest BCUT2D eigenvalue weighted by Gasteiger charge is 1.98. The number of nitriles is 1. The van der Waals surface area contributed by atoms with Gasteiger partial charge in [0.05, 0.1) is 11.8 Å². The van der Waals surface area contributed by atoms with Crippen LogP contribution >= 0.6 is 11.6 Å². The Morgan fingerprint density at radius 2 is 2.50 bits per heavy atom. The van der Waals surface area contributed by atoms with Gasteiger partial charge in [-0.3, -0.25) is 5.10 Å². The molecule has 0 aliphatic heterocycles. The number of nitrogens with one attached hydrogen (secondary N) is 1. The summed E-state index contributed by atoms with van der Waals surface area (Å²) in [6.45, 7) is 0. The first-order chi connectivity index (χ1) is 5.88. The van der Waals surface area contributed by atoms with Gasteiger partial charge in [-0.25, -0.2) is 0 Å². The number of hydrogen-bond donors (Lipinski definition) is 1. The molecule has 0 unspecified atom stereocenters. The van der Waals surface area contributed by atoms with Crippen LogP contribution in [0, 0.1) is 23.2 Å². The molecule has 1 rings (SSSR count). The predicted molar refractivity (Wildman–Crippen MR) is 45.5 cm³/mol. The van der Waals surface area contributed by atoms with Gasteiger partial charge in [0.15, 0.2) is 5.69 Å². The molecule has 0 aromatic carbocycles. The molecule has 0 fully saturated rings. The van der Waals surface area contributed by atoms with E-state index in [9.17, 15) is 0 Å². The van der Waals surface area contributed by atoms with Crippen molar-refractivity contribution in [2.75, 3.05) is 5.88 Å². The minimum absolute atomic E-state index is 0.400. The third-order valence-electron chi connectivity index (χ3n) is 1.19. The minimum atomic E-state index is 0.400. The minimum Gasteiger partial charge on any atom is -0.267 e. The number of aromatic nitrogens is 2. The van der Waals surface area contributed by atoms with Crippen LogP contribution in [0.5, 0.6) is 0 Å². The highest BCUT2D eigenvalue weighted by Crippen LogP contribution is 1.99. The average molecular weight is 180 g/mol. The lowest BCUT2D eigenvalue weighted by molar-refractivity contribution is 1.07. The van der Waals surface area contributed by atoms with Gasteiger partial charge in [0.25, 0.3) is 0 Å². The van der Waals surface area contributed by atoms with Gasteiger partial charge in [-0.1, -0.05) is 11.8 Å². The van der Waals surface area contributed by atoms with E-state index in [4.69, 9.17) is 16.9 Å². The molecule has 1 heterocycles. The van der Waals surface area contributed by atoms with Crippen LogP contribution in [0.2, 0.25) is 0 Å². The van der Waals surface area contributed by atoms with E-state index in [1.54, 1.807) is 0 Å². The van der Waals surface area contributed by atoms with Crippen molar-refractivity contribution in [1.29, 1.82) is 5.26 Å². The molecule has 12 heavy (non-hydrogen) atoms. The Morgan fingerprint density at radius 1 is 1.67 bits per heavy atom. The van der Waals surface area contributed by atoms with Crippen molar-refractivity contribution < 1.29 is 0 Å². The Bertz CT molecular complexity index is 350. The van der Waals surface area contributed by atoms with Crippen LogP contribution in [0.1, 0.15) is 17.7 Å². The number of halogens is 1. The zero-order valence-electron chi connectivity index (χ0n) is 6.26. The van der Waals surface area contributed by atoms with Crippen molar-refractivity contribution in [1.82, 2.24) is 10.2 Å². The van der Waals surface area contributed by atoms with Crippen LogP contribution in [0.4, 0.5) is 0 Å². The summed E-state index contributed by atoms with van der Waals surface area (Å²) in [7, 11) is 0. The summed E-state index contributed by atoms with van der Waals surface area (Å²) in [6.07, 6.45) is 2.15. The van der Waals surface area contributed by atoms with Crippen molar-refractivity contribution in [3.8, 4) is 17.9 Å². The molecule has 0 saturated carbocycles. The van der Waals surface area contributed by atoms with E-state index in [2.05, 4.69) is 22.0 Å². The molecule has 0 amide bonds. The summed E-state index contributed by atoms with van der Waals surface area (Å²) in [6, 6.07) is 1.95. The molecule has 0 bridgehead atoms. The van der Waals surface area contributed by atoms with Crippen molar-refractivity contribution in [3.05, 3.63) is 17.5 Å². The smallest absolute Gasteiger partial charge is 0.151 e. The monoisotopic (exact) mass is 179 g/mol. The number of nitrogens with zero attached hydrogens (tertiary/aromatic N) is 2. The Balaban J connectivity index is 2.78. The summed E-state index contributed by atoms with van der Waals surface area (Å²) in [4.78, 5) is 0. The van der Waals surface area contributed by atoms with Gasteiger partial charge < -0.3 is 0 Å². The van der Waals surface area contributed by atoms with E-state index >= 15 is 0 Å². The molecule has 3 nitrogen and oxygen atoms in total. The Morgan fingerprint density at radius 3 is 3.17 bits per heavy atom. The zero-order chi connectivity index (χ0) is 8.81. The Labute approximate surface area is 75.3 Å². The maximum absolute atomic E-state index is 8.55. The number of aromatic amines is 1. The molecule has 0 radical (unpaired) electrons. The largest absolute Gasteiger partial charge is 0.267 e. The van der Waals surface area contributed by atoms with Crippen LogP contribution in [-0.2, 0) is 0 Å². The molecule has 60 valence electrons. The Hall–Kier alpha value is -1.45. The van der Waals surface area contributed by atoms with Gasteiger partial charge >= 0.3 is 0 Å².